The van der Waals surface area contributed by atoms with Crippen LogP contribution in [0.1, 0.15) is 15.9 Å². The molecule has 32 heavy (non-hydrogen) atoms. The van der Waals surface area contributed by atoms with Gasteiger partial charge in [0.05, 0.1) is 18.7 Å². The molecule has 2 N–H and O–H groups in total. The van der Waals surface area contributed by atoms with Crippen molar-refractivity contribution in [3.05, 3.63) is 82.9 Å². The molecule has 0 saturated heterocycles. The molecule has 0 saturated carbocycles. The normalized spacial score (nSPS) is 11.0. The molecule has 3 aromatic rings. The summed E-state index contributed by atoms with van der Waals surface area (Å²) in [6.07, 6.45) is 0. The summed E-state index contributed by atoms with van der Waals surface area (Å²) in [5.74, 6) is 0.921. The number of hydrogen-bond acceptors (Lipinski definition) is 5. The van der Waals surface area contributed by atoms with E-state index in [2.05, 4.69) is 10.0 Å². The molecule has 0 aliphatic heterocycles. The maximum atomic E-state index is 12.8. The van der Waals surface area contributed by atoms with Crippen LogP contribution in [0, 0.1) is 6.92 Å². The molecule has 168 valence electrons. The Balaban J connectivity index is 1.62. The molecular weight excluding hydrogens is 452 g/mol. The predicted molar refractivity (Wildman–Crippen MR) is 124 cm³/mol. The third-order valence-corrected chi connectivity index (χ3v) is 6.37. The van der Waals surface area contributed by atoms with Gasteiger partial charge in [-0.1, -0.05) is 29.3 Å². The lowest BCUT2D eigenvalue weighted by Crippen LogP contribution is -2.28. The maximum Gasteiger partial charge on any atom is 0.263 e. The van der Waals surface area contributed by atoms with Crippen molar-refractivity contribution in [3.63, 3.8) is 0 Å². The van der Waals surface area contributed by atoms with Crippen LogP contribution in [0.4, 0.5) is 5.69 Å². The highest BCUT2D eigenvalue weighted by atomic mass is 35.5. The number of halogens is 1. The minimum Gasteiger partial charge on any atom is -0.497 e. The molecule has 0 heterocycles. The Labute approximate surface area is 192 Å². The Bertz CT molecular complexity index is 1180. The summed E-state index contributed by atoms with van der Waals surface area (Å²) < 4.78 is 38.7. The van der Waals surface area contributed by atoms with Gasteiger partial charge in [0.15, 0.2) is 0 Å². The van der Waals surface area contributed by atoms with E-state index in [1.807, 2.05) is 6.92 Å². The van der Waals surface area contributed by atoms with Crippen molar-refractivity contribution < 1.29 is 22.7 Å². The van der Waals surface area contributed by atoms with E-state index in [0.29, 0.717) is 11.4 Å². The highest BCUT2D eigenvalue weighted by molar-refractivity contribution is 7.92. The summed E-state index contributed by atoms with van der Waals surface area (Å²) in [6, 6.07) is 18.0. The summed E-state index contributed by atoms with van der Waals surface area (Å²) in [6.45, 7) is 2.38. The number of methoxy groups -OCH3 is 1. The number of nitrogens with one attached hydrogen (secondary N) is 2. The molecule has 3 aromatic carbocycles. The highest BCUT2D eigenvalue weighted by Gasteiger charge is 2.20. The number of aryl methyl sites for hydroxylation is 1. The van der Waals surface area contributed by atoms with Crippen LogP contribution in [0.3, 0.4) is 0 Å². The maximum absolute atomic E-state index is 12.8. The second-order valence-electron chi connectivity index (χ2n) is 6.90. The van der Waals surface area contributed by atoms with Gasteiger partial charge in [-0.15, -0.1) is 0 Å². The van der Waals surface area contributed by atoms with Gasteiger partial charge in [0.1, 0.15) is 23.0 Å². The van der Waals surface area contributed by atoms with Crippen LogP contribution >= 0.6 is 11.6 Å². The van der Waals surface area contributed by atoms with Crippen LogP contribution in [0.15, 0.2) is 71.6 Å². The number of amides is 1. The van der Waals surface area contributed by atoms with Gasteiger partial charge in [-0.2, -0.15) is 0 Å². The minimum atomic E-state index is -3.98. The average Bonchev–Trinajstić information content (AvgIpc) is 2.78. The van der Waals surface area contributed by atoms with Crippen molar-refractivity contribution in [3.8, 4) is 11.5 Å². The molecule has 7 nitrogen and oxygen atoms in total. The second kappa shape index (κ2) is 10.4. The van der Waals surface area contributed by atoms with E-state index in [1.165, 1.54) is 18.2 Å². The summed E-state index contributed by atoms with van der Waals surface area (Å²) >= 11 is 6.11. The van der Waals surface area contributed by atoms with Crippen molar-refractivity contribution in [1.82, 2.24) is 5.32 Å². The Hall–Kier alpha value is -3.23. The van der Waals surface area contributed by atoms with Gasteiger partial charge in [0, 0.05) is 11.3 Å². The van der Waals surface area contributed by atoms with E-state index in [0.717, 1.165) is 11.3 Å². The van der Waals surface area contributed by atoms with E-state index < -0.39 is 15.9 Å². The summed E-state index contributed by atoms with van der Waals surface area (Å²) in [7, 11) is -2.40. The van der Waals surface area contributed by atoms with Crippen LogP contribution in [-0.2, 0) is 10.0 Å². The lowest BCUT2D eigenvalue weighted by Gasteiger charge is -2.12. The molecule has 0 unspecified atom stereocenters. The number of carbonyl (C=O) groups excluding carboxylic acids is 1. The SMILES string of the molecule is COc1ccc(OCCNC(=O)c2ccc(Cl)c(S(=O)(=O)Nc3ccc(C)cc3)c2)cc1. The zero-order valence-corrected chi connectivity index (χ0v) is 19.2. The van der Waals surface area contributed by atoms with Crippen molar-refractivity contribution in [1.29, 1.82) is 0 Å². The average molecular weight is 475 g/mol. The van der Waals surface area contributed by atoms with E-state index in [-0.39, 0.29) is 28.6 Å². The zero-order chi connectivity index (χ0) is 23.1. The van der Waals surface area contributed by atoms with Crippen LogP contribution in [-0.4, -0.2) is 34.6 Å². The first kappa shape index (κ1) is 23.4. The van der Waals surface area contributed by atoms with Gasteiger partial charge >= 0.3 is 0 Å². The summed E-state index contributed by atoms with van der Waals surface area (Å²) in [5, 5.41) is 2.72. The fraction of sp³-hybridized carbons (Fsp3) is 0.174. The Morgan fingerprint density at radius 3 is 2.28 bits per heavy atom. The lowest BCUT2D eigenvalue weighted by atomic mass is 10.2. The highest BCUT2D eigenvalue weighted by Crippen LogP contribution is 2.25. The molecule has 0 aromatic heterocycles. The van der Waals surface area contributed by atoms with E-state index in [9.17, 15) is 13.2 Å². The summed E-state index contributed by atoms with van der Waals surface area (Å²) in [5.41, 5.74) is 1.57. The number of ether oxygens (including phenoxy) is 2. The first-order chi connectivity index (χ1) is 15.3. The van der Waals surface area contributed by atoms with Gasteiger partial charge in [0.25, 0.3) is 15.9 Å². The molecule has 9 heteroatoms. The quantitative estimate of drug-likeness (QED) is 0.452. The smallest absolute Gasteiger partial charge is 0.263 e. The first-order valence-corrected chi connectivity index (χ1v) is 11.6. The molecule has 0 spiro atoms. The topological polar surface area (TPSA) is 93.7 Å². The Kier molecular flexibility index (Phi) is 7.61. The molecule has 0 aliphatic carbocycles. The number of carbonyl (C=O) groups is 1. The van der Waals surface area contributed by atoms with Crippen molar-refractivity contribution >= 4 is 33.2 Å². The third-order valence-electron chi connectivity index (χ3n) is 4.50. The van der Waals surface area contributed by atoms with Gasteiger partial charge in [-0.05, 0) is 61.5 Å². The molecule has 0 bridgehead atoms. The third kappa shape index (κ3) is 6.15. The largest absolute Gasteiger partial charge is 0.497 e. The monoisotopic (exact) mass is 474 g/mol. The minimum absolute atomic E-state index is 0.0176. The molecule has 3 rings (SSSR count). The van der Waals surface area contributed by atoms with Crippen LogP contribution in [0.25, 0.3) is 0 Å². The van der Waals surface area contributed by atoms with Gasteiger partial charge in [-0.25, -0.2) is 8.42 Å². The summed E-state index contributed by atoms with van der Waals surface area (Å²) in [4.78, 5) is 12.3. The number of anilines is 1. The fourth-order valence-electron chi connectivity index (χ4n) is 2.79. The van der Waals surface area contributed by atoms with Crippen molar-refractivity contribution in [2.24, 2.45) is 0 Å². The zero-order valence-electron chi connectivity index (χ0n) is 17.6. The number of benzene rings is 3. The predicted octanol–water partition coefficient (Wildman–Crippen LogP) is 4.27. The Morgan fingerprint density at radius 1 is 0.969 bits per heavy atom. The number of rotatable bonds is 9. The molecule has 1 amide bonds. The van der Waals surface area contributed by atoms with Crippen LogP contribution in [0.5, 0.6) is 11.5 Å². The van der Waals surface area contributed by atoms with Crippen LogP contribution in [0.2, 0.25) is 5.02 Å². The van der Waals surface area contributed by atoms with Crippen molar-refractivity contribution in [2.75, 3.05) is 25.0 Å². The van der Waals surface area contributed by atoms with Gasteiger partial charge < -0.3 is 14.8 Å². The van der Waals surface area contributed by atoms with Gasteiger partial charge in [-0.3, -0.25) is 9.52 Å². The Morgan fingerprint density at radius 2 is 1.62 bits per heavy atom. The molecule has 0 atom stereocenters. The number of sulfonamides is 1. The second-order valence-corrected chi connectivity index (χ2v) is 8.95. The standard InChI is InChI=1S/C23H23ClN2O5S/c1-16-3-6-18(7-4-16)26-32(28,29)22-15-17(5-12-21(22)24)23(27)25-13-14-31-20-10-8-19(30-2)9-11-20/h3-12,15,26H,13-14H2,1-2H3,(H,25,27). The lowest BCUT2D eigenvalue weighted by molar-refractivity contribution is 0.0947. The van der Waals surface area contributed by atoms with Gasteiger partial charge in [0.2, 0.25) is 0 Å². The van der Waals surface area contributed by atoms with E-state index in [1.54, 1.807) is 55.6 Å². The molecular formula is C23H23ClN2O5S. The fourth-order valence-corrected chi connectivity index (χ4v) is 4.38. The molecule has 0 fully saturated rings. The molecule has 0 radical (unpaired) electrons. The van der Waals surface area contributed by atoms with Crippen molar-refractivity contribution in [2.45, 2.75) is 11.8 Å². The van der Waals surface area contributed by atoms with Crippen LogP contribution < -0.4 is 19.5 Å². The van der Waals surface area contributed by atoms with E-state index in [4.69, 9.17) is 21.1 Å². The number of hydrogen-bond donors (Lipinski definition) is 2. The first-order valence-electron chi connectivity index (χ1n) is 9.72. The molecule has 0 aliphatic rings. The van der Waals surface area contributed by atoms with E-state index >= 15 is 0 Å².